The fourth-order valence-electron chi connectivity index (χ4n) is 1.24. The minimum absolute atomic E-state index is 0. The van der Waals surface area contributed by atoms with Gasteiger partial charge in [0.25, 0.3) is 0 Å². The largest absolute Gasteiger partial charge is 0.492 e. The van der Waals surface area contributed by atoms with Crippen molar-refractivity contribution in [1.29, 1.82) is 5.26 Å². The van der Waals surface area contributed by atoms with Gasteiger partial charge < -0.3 is 10.5 Å². The summed E-state index contributed by atoms with van der Waals surface area (Å²) in [6.45, 7) is 0.376. The molecule has 0 radical (unpaired) electrons. The van der Waals surface area contributed by atoms with Gasteiger partial charge in [0.05, 0.1) is 17.2 Å². The molecule has 1 aromatic carbocycles. The van der Waals surface area contributed by atoms with Crippen molar-refractivity contribution in [2.45, 2.75) is 18.4 Å². The molecule has 16 heavy (non-hydrogen) atoms. The lowest BCUT2D eigenvalue weighted by Crippen LogP contribution is -2.29. The normalized spacial score (nSPS) is 15.8. The summed E-state index contributed by atoms with van der Waals surface area (Å²) in [5.74, 6) is -0.103. The van der Waals surface area contributed by atoms with E-state index in [2.05, 4.69) is 0 Å². The molecule has 1 saturated carbocycles. The van der Waals surface area contributed by atoms with Crippen LogP contribution in [0.15, 0.2) is 18.2 Å². The number of halogens is 2. The van der Waals surface area contributed by atoms with Crippen LogP contribution in [-0.4, -0.2) is 12.1 Å². The van der Waals surface area contributed by atoms with E-state index in [0.717, 1.165) is 12.8 Å². The van der Waals surface area contributed by atoms with E-state index < -0.39 is 5.82 Å². The minimum Gasteiger partial charge on any atom is -0.492 e. The summed E-state index contributed by atoms with van der Waals surface area (Å²) in [5.41, 5.74) is 5.84. The summed E-state index contributed by atoms with van der Waals surface area (Å²) in [7, 11) is 0. The SMILES string of the molecule is Cl.N#Cc1cc(F)cc(OCC2(N)CC2)c1. The highest BCUT2D eigenvalue weighted by molar-refractivity contribution is 5.85. The number of ether oxygens (including phenoxy) is 1. The number of hydrogen-bond acceptors (Lipinski definition) is 3. The van der Waals surface area contributed by atoms with Crippen LogP contribution < -0.4 is 10.5 Å². The molecule has 0 bridgehead atoms. The van der Waals surface area contributed by atoms with E-state index in [9.17, 15) is 4.39 Å². The molecule has 0 aliphatic heterocycles. The van der Waals surface area contributed by atoms with Crippen molar-refractivity contribution >= 4 is 12.4 Å². The molecular formula is C11H12ClFN2O. The summed E-state index contributed by atoms with van der Waals surface area (Å²) in [6, 6.07) is 5.80. The van der Waals surface area contributed by atoms with Crippen LogP contribution in [0.1, 0.15) is 18.4 Å². The van der Waals surface area contributed by atoms with Crippen LogP contribution in [0.2, 0.25) is 0 Å². The van der Waals surface area contributed by atoms with Crippen LogP contribution in [0.5, 0.6) is 5.75 Å². The zero-order chi connectivity index (χ0) is 10.9. The van der Waals surface area contributed by atoms with Gasteiger partial charge in [-0.05, 0) is 25.0 Å². The summed E-state index contributed by atoms with van der Waals surface area (Å²) in [6.07, 6.45) is 1.88. The van der Waals surface area contributed by atoms with E-state index in [0.29, 0.717) is 12.4 Å². The predicted octanol–water partition coefficient (Wildman–Crippen LogP) is 1.99. The summed E-state index contributed by atoms with van der Waals surface area (Å²) < 4.78 is 18.3. The topological polar surface area (TPSA) is 59.0 Å². The molecule has 0 aromatic heterocycles. The molecule has 0 amide bonds. The zero-order valence-electron chi connectivity index (χ0n) is 8.57. The van der Waals surface area contributed by atoms with E-state index in [1.807, 2.05) is 6.07 Å². The molecule has 2 N–H and O–H groups in total. The van der Waals surface area contributed by atoms with Crippen LogP contribution in [-0.2, 0) is 0 Å². The van der Waals surface area contributed by atoms with Gasteiger partial charge in [-0.3, -0.25) is 0 Å². The van der Waals surface area contributed by atoms with Crippen molar-refractivity contribution in [3.63, 3.8) is 0 Å². The average molecular weight is 243 g/mol. The standard InChI is InChI=1S/C11H11FN2O.ClH/c12-9-3-8(6-13)4-10(5-9)15-7-11(14)1-2-11;/h3-5H,1-2,7,14H2;1H. The molecule has 1 aromatic rings. The lowest BCUT2D eigenvalue weighted by atomic mass is 10.2. The molecule has 2 rings (SSSR count). The van der Waals surface area contributed by atoms with Gasteiger partial charge in [0.1, 0.15) is 18.2 Å². The Morgan fingerprint density at radius 3 is 2.69 bits per heavy atom. The number of hydrogen-bond donors (Lipinski definition) is 1. The van der Waals surface area contributed by atoms with Crippen LogP contribution in [0.3, 0.4) is 0 Å². The van der Waals surface area contributed by atoms with Crippen molar-refractivity contribution in [3.05, 3.63) is 29.6 Å². The van der Waals surface area contributed by atoms with Crippen molar-refractivity contribution in [1.82, 2.24) is 0 Å². The van der Waals surface area contributed by atoms with Gasteiger partial charge in [0, 0.05) is 6.07 Å². The Bertz CT molecular complexity index is 426. The van der Waals surface area contributed by atoms with Crippen LogP contribution in [0.25, 0.3) is 0 Å². The second-order valence-corrected chi connectivity index (χ2v) is 3.94. The van der Waals surface area contributed by atoms with Gasteiger partial charge in [0.2, 0.25) is 0 Å². The Hall–Kier alpha value is -1.31. The maximum Gasteiger partial charge on any atom is 0.128 e. The molecule has 1 aliphatic carbocycles. The molecule has 0 heterocycles. The summed E-state index contributed by atoms with van der Waals surface area (Å²) in [5, 5.41) is 8.63. The van der Waals surface area contributed by atoms with Crippen LogP contribution in [0, 0.1) is 17.1 Å². The molecule has 0 atom stereocenters. The second-order valence-electron chi connectivity index (χ2n) is 3.94. The number of nitrogens with two attached hydrogens (primary N) is 1. The molecule has 5 heteroatoms. The van der Waals surface area contributed by atoms with Crippen molar-refractivity contribution < 1.29 is 9.13 Å². The van der Waals surface area contributed by atoms with E-state index in [4.69, 9.17) is 15.7 Å². The number of benzene rings is 1. The summed E-state index contributed by atoms with van der Waals surface area (Å²) in [4.78, 5) is 0. The first-order valence-electron chi connectivity index (χ1n) is 4.74. The van der Waals surface area contributed by atoms with Gasteiger partial charge in [-0.25, -0.2) is 4.39 Å². The Morgan fingerprint density at radius 1 is 1.44 bits per heavy atom. The van der Waals surface area contributed by atoms with Crippen LogP contribution in [0.4, 0.5) is 4.39 Å². The van der Waals surface area contributed by atoms with Gasteiger partial charge in [0.15, 0.2) is 0 Å². The first-order valence-corrected chi connectivity index (χ1v) is 4.74. The molecule has 3 nitrogen and oxygen atoms in total. The highest BCUT2D eigenvalue weighted by Gasteiger charge is 2.39. The first kappa shape index (κ1) is 12.8. The smallest absolute Gasteiger partial charge is 0.128 e. The lowest BCUT2D eigenvalue weighted by Gasteiger charge is -2.11. The van der Waals surface area contributed by atoms with E-state index in [1.165, 1.54) is 18.2 Å². The highest BCUT2D eigenvalue weighted by Crippen LogP contribution is 2.32. The van der Waals surface area contributed by atoms with Gasteiger partial charge in [-0.15, -0.1) is 12.4 Å². The third-order valence-electron chi connectivity index (χ3n) is 2.42. The Kier molecular flexibility index (Phi) is 3.74. The molecule has 1 aliphatic rings. The minimum atomic E-state index is -0.467. The van der Waals surface area contributed by atoms with Gasteiger partial charge in [-0.2, -0.15) is 5.26 Å². The second kappa shape index (κ2) is 4.69. The molecule has 1 fully saturated rings. The molecule has 86 valence electrons. The van der Waals surface area contributed by atoms with E-state index in [-0.39, 0.29) is 23.5 Å². The van der Waals surface area contributed by atoms with Gasteiger partial charge >= 0.3 is 0 Å². The first-order chi connectivity index (χ1) is 7.11. The fourth-order valence-corrected chi connectivity index (χ4v) is 1.24. The third-order valence-corrected chi connectivity index (χ3v) is 2.42. The zero-order valence-corrected chi connectivity index (χ0v) is 9.39. The Labute approximate surface area is 99.4 Å². The maximum absolute atomic E-state index is 13.0. The molecule has 0 unspecified atom stereocenters. The number of rotatable bonds is 3. The third kappa shape index (κ3) is 3.09. The number of nitriles is 1. The van der Waals surface area contributed by atoms with E-state index in [1.54, 1.807) is 0 Å². The van der Waals surface area contributed by atoms with Crippen molar-refractivity contribution in [3.8, 4) is 11.8 Å². The Morgan fingerprint density at radius 2 is 2.12 bits per heavy atom. The quantitative estimate of drug-likeness (QED) is 0.882. The number of nitrogens with zero attached hydrogens (tertiary/aromatic N) is 1. The summed E-state index contributed by atoms with van der Waals surface area (Å²) >= 11 is 0. The fraction of sp³-hybridized carbons (Fsp3) is 0.364. The molecular weight excluding hydrogens is 231 g/mol. The van der Waals surface area contributed by atoms with E-state index >= 15 is 0 Å². The maximum atomic E-state index is 13.0. The van der Waals surface area contributed by atoms with Crippen LogP contribution >= 0.6 is 12.4 Å². The van der Waals surface area contributed by atoms with Crippen molar-refractivity contribution in [2.75, 3.05) is 6.61 Å². The average Bonchev–Trinajstić information content (AvgIpc) is 2.94. The molecule has 0 spiro atoms. The Balaban J connectivity index is 0.00000128. The molecule has 0 saturated heterocycles. The predicted molar refractivity (Wildman–Crippen MR) is 60.0 cm³/mol. The highest BCUT2D eigenvalue weighted by atomic mass is 35.5. The monoisotopic (exact) mass is 242 g/mol. The lowest BCUT2D eigenvalue weighted by molar-refractivity contribution is 0.278. The van der Waals surface area contributed by atoms with Crippen molar-refractivity contribution in [2.24, 2.45) is 5.73 Å². The van der Waals surface area contributed by atoms with Gasteiger partial charge in [-0.1, -0.05) is 0 Å².